The molecule has 3 aromatic rings. The summed E-state index contributed by atoms with van der Waals surface area (Å²) in [4.78, 5) is 0.233. The molecule has 2 nitrogen and oxygen atoms in total. The van der Waals surface area contributed by atoms with Crippen molar-refractivity contribution >= 4 is 9.84 Å². The van der Waals surface area contributed by atoms with E-state index in [0.29, 0.717) is 5.56 Å². The van der Waals surface area contributed by atoms with Gasteiger partial charge in [0, 0.05) is 6.26 Å². The van der Waals surface area contributed by atoms with Crippen molar-refractivity contribution in [3.05, 3.63) is 78.4 Å². The van der Waals surface area contributed by atoms with Crippen LogP contribution < -0.4 is 0 Å². The molecule has 0 N–H and O–H groups in total. The van der Waals surface area contributed by atoms with Crippen molar-refractivity contribution in [2.75, 3.05) is 6.26 Å². The highest BCUT2D eigenvalue weighted by molar-refractivity contribution is 7.90. The molecule has 0 atom stereocenters. The molecule has 0 heterocycles. The third-order valence-electron chi connectivity index (χ3n) is 3.75. The van der Waals surface area contributed by atoms with Crippen molar-refractivity contribution in [2.24, 2.45) is 0 Å². The first-order valence-corrected chi connectivity index (χ1v) is 9.10. The van der Waals surface area contributed by atoms with Gasteiger partial charge in [0.05, 0.1) is 4.90 Å². The Hall–Kier alpha value is -2.53. The Labute approximate surface area is 139 Å². The second kappa shape index (κ2) is 6.17. The first-order valence-electron chi connectivity index (χ1n) is 7.21. The molecular weight excluding hydrogens is 330 g/mol. The van der Waals surface area contributed by atoms with E-state index in [0.717, 1.165) is 35.1 Å². The smallest absolute Gasteiger partial charge is 0.175 e. The van der Waals surface area contributed by atoms with Gasteiger partial charge in [-0.25, -0.2) is 17.2 Å². The number of hydrogen-bond acceptors (Lipinski definition) is 2. The molecule has 0 saturated heterocycles. The van der Waals surface area contributed by atoms with Gasteiger partial charge in [-0.2, -0.15) is 0 Å². The number of hydrogen-bond donors (Lipinski definition) is 0. The molecule has 0 aliphatic carbocycles. The van der Waals surface area contributed by atoms with Crippen LogP contribution in [0.2, 0.25) is 0 Å². The SMILES string of the molecule is CS(=O)(=O)c1ccc(-c2ccccc2-c2ccc(F)c(F)c2)cc1. The fraction of sp³-hybridized carbons (Fsp3) is 0.0526. The van der Waals surface area contributed by atoms with Crippen LogP contribution in [0.5, 0.6) is 0 Å². The summed E-state index contributed by atoms with van der Waals surface area (Å²) >= 11 is 0. The highest BCUT2D eigenvalue weighted by atomic mass is 32.2. The maximum absolute atomic E-state index is 13.5. The summed E-state index contributed by atoms with van der Waals surface area (Å²) in [6.07, 6.45) is 1.15. The zero-order valence-electron chi connectivity index (χ0n) is 12.8. The molecule has 0 bridgehead atoms. The summed E-state index contributed by atoms with van der Waals surface area (Å²) in [6.45, 7) is 0. The summed E-state index contributed by atoms with van der Waals surface area (Å²) < 4.78 is 49.8. The Kier molecular flexibility index (Phi) is 4.20. The van der Waals surface area contributed by atoms with Crippen LogP contribution in [-0.2, 0) is 9.84 Å². The van der Waals surface area contributed by atoms with Gasteiger partial charge in [-0.15, -0.1) is 0 Å². The lowest BCUT2D eigenvalue weighted by molar-refractivity contribution is 0.509. The van der Waals surface area contributed by atoms with E-state index in [4.69, 9.17) is 0 Å². The Morgan fingerprint density at radius 3 is 1.79 bits per heavy atom. The Morgan fingerprint density at radius 2 is 1.25 bits per heavy atom. The number of rotatable bonds is 3. The van der Waals surface area contributed by atoms with E-state index in [2.05, 4.69) is 0 Å². The molecule has 0 aliphatic rings. The van der Waals surface area contributed by atoms with E-state index in [-0.39, 0.29) is 4.90 Å². The largest absolute Gasteiger partial charge is 0.224 e. The molecule has 0 fully saturated rings. The second-order valence-corrected chi connectivity index (χ2v) is 7.49. The molecule has 24 heavy (non-hydrogen) atoms. The molecule has 0 aromatic heterocycles. The quantitative estimate of drug-likeness (QED) is 0.690. The summed E-state index contributed by atoms with van der Waals surface area (Å²) in [5.41, 5.74) is 2.89. The van der Waals surface area contributed by atoms with Crippen molar-refractivity contribution in [2.45, 2.75) is 4.90 Å². The van der Waals surface area contributed by atoms with Gasteiger partial charge in [-0.05, 0) is 46.5 Å². The third kappa shape index (κ3) is 3.21. The summed E-state index contributed by atoms with van der Waals surface area (Å²) in [5.74, 6) is -1.80. The average Bonchev–Trinajstić information content (AvgIpc) is 2.57. The monoisotopic (exact) mass is 344 g/mol. The van der Waals surface area contributed by atoms with Crippen molar-refractivity contribution in [3.8, 4) is 22.3 Å². The maximum Gasteiger partial charge on any atom is 0.175 e. The van der Waals surface area contributed by atoms with Crippen molar-refractivity contribution in [1.29, 1.82) is 0 Å². The molecule has 3 aromatic carbocycles. The maximum atomic E-state index is 13.5. The second-order valence-electron chi connectivity index (χ2n) is 5.47. The molecule has 0 aliphatic heterocycles. The number of benzene rings is 3. The Balaban J connectivity index is 2.11. The molecule has 0 saturated carbocycles. The highest BCUT2D eigenvalue weighted by Gasteiger charge is 2.11. The summed E-state index contributed by atoms with van der Waals surface area (Å²) in [7, 11) is -3.27. The Morgan fingerprint density at radius 1 is 0.708 bits per heavy atom. The minimum atomic E-state index is -3.27. The van der Waals surface area contributed by atoms with Gasteiger partial charge in [0.1, 0.15) is 0 Å². The van der Waals surface area contributed by atoms with Crippen LogP contribution >= 0.6 is 0 Å². The van der Waals surface area contributed by atoms with Gasteiger partial charge in [0.15, 0.2) is 21.5 Å². The van der Waals surface area contributed by atoms with Crippen LogP contribution in [0.3, 0.4) is 0 Å². The van der Waals surface area contributed by atoms with Crippen LogP contribution in [0.25, 0.3) is 22.3 Å². The van der Waals surface area contributed by atoms with E-state index < -0.39 is 21.5 Å². The zero-order chi connectivity index (χ0) is 17.3. The minimum absolute atomic E-state index is 0.233. The van der Waals surface area contributed by atoms with E-state index in [1.807, 2.05) is 24.3 Å². The van der Waals surface area contributed by atoms with Gasteiger partial charge >= 0.3 is 0 Å². The molecule has 122 valence electrons. The zero-order valence-corrected chi connectivity index (χ0v) is 13.6. The third-order valence-corrected chi connectivity index (χ3v) is 4.88. The van der Waals surface area contributed by atoms with Gasteiger partial charge < -0.3 is 0 Å². The molecule has 0 amide bonds. The Bertz CT molecular complexity index is 994. The van der Waals surface area contributed by atoms with Crippen LogP contribution in [0, 0.1) is 11.6 Å². The van der Waals surface area contributed by atoms with Crippen LogP contribution in [-0.4, -0.2) is 14.7 Å². The number of sulfone groups is 1. The van der Waals surface area contributed by atoms with Gasteiger partial charge in [-0.1, -0.05) is 42.5 Å². The summed E-state index contributed by atoms with van der Waals surface area (Å²) in [5, 5.41) is 0. The first-order chi connectivity index (χ1) is 11.4. The van der Waals surface area contributed by atoms with E-state index >= 15 is 0 Å². The lowest BCUT2D eigenvalue weighted by Gasteiger charge is -2.11. The molecule has 3 rings (SSSR count). The van der Waals surface area contributed by atoms with E-state index in [9.17, 15) is 17.2 Å². The summed E-state index contributed by atoms with van der Waals surface area (Å²) in [6, 6.07) is 17.5. The molecule has 5 heteroatoms. The fourth-order valence-corrected chi connectivity index (χ4v) is 3.16. The standard InChI is InChI=1S/C19H14F2O2S/c1-24(22,23)15-9-6-13(7-10-15)16-4-2-3-5-17(16)14-8-11-18(20)19(21)12-14/h2-12H,1H3. The lowest BCUT2D eigenvalue weighted by Crippen LogP contribution is -1.96. The van der Waals surface area contributed by atoms with E-state index in [1.54, 1.807) is 12.1 Å². The van der Waals surface area contributed by atoms with Crippen LogP contribution in [0.4, 0.5) is 8.78 Å². The average molecular weight is 344 g/mol. The predicted molar refractivity (Wildman–Crippen MR) is 90.3 cm³/mol. The molecule has 0 spiro atoms. The highest BCUT2D eigenvalue weighted by Crippen LogP contribution is 2.33. The molecule has 0 radical (unpaired) electrons. The van der Waals surface area contributed by atoms with Gasteiger partial charge in [0.2, 0.25) is 0 Å². The normalized spacial score (nSPS) is 11.5. The van der Waals surface area contributed by atoms with Gasteiger partial charge in [-0.3, -0.25) is 0 Å². The van der Waals surface area contributed by atoms with E-state index in [1.165, 1.54) is 18.2 Å². The topological polar surface area (TPSA) is 34.1 Å². The number of halogens is 2. The lowest BCUT2D eigenvalue weighted by atomic mass is 9.94. The molecular formula is C19H14F2O2S. The van der Waals surface area contributed by atoms with Crippen molar-refractivity contribution < 1.29 is 17.2 Å². The first kappa shape index (κ1) is 16.3. The van der Waals surface area contributed by atoms with Crippen LogP contribution in [0.15, 0.2) is 71.6 Å². The predicted octanol–water partition coefficient (Wildman–Crippen LogP) is 4.70. The van der Waals surface area contributed by atoms with Crippen LogP contribution in [0.1, 0.15) is 0 Å². The molecule has 0 unspecified atom stereocenters. The van der Waals surface area contributed by atoms with Crippen molar-refractivity contribution in [1.82, 2.24) is 0 Å². The van der Waals surface area contributed by atoms with Gasteiger partial charge in [0.25, 0.3) is 0 Å². The van der Waals surface area contributed by atoms with Crippen molar-refractivity contribution in [3.63, 3.8) is 0 Å². The minimum Gasteiger partial charge on any atom is -0.224 e. The fourth-order valence-electron chi connectivity index (χ4n) is 2.53.